The number of rotatable bonds is 7. The average Bonchev–Trinajstić information content (AvgIpc) is 3.29. The highest BCUT2D eigenvalue weighted by Gasteiger charge is 2.22. The lowest BCUT2D eigenvalue weighted by Crippen LogP contribution is -2.07. The van der Waals surface area contributed by atoms with E-state index >= 15 is 0 Å². The largest absolute Gasteiger partial charge is 0.257 e. The number of nitrogens with zero attached hydrogens (tertiary/aromatic N) is 4. The molecule has 2 unspecified atom stereocenters. The van der Waals surface area contributed by atoms with E-state index in [1.165, 1.54) is 44.2 Å². The Bertz CT molecular complexity index is 2900. The van der Waals surface area contributed by atoms with E-state index in [4.69, 9.17) is 9.97 Å². The predicted octanol–water partition coefficient (Wildman–Crippen LogP) is 13.8. The molecule has 58 heavy (non-hydrogen) atoms. The van der Waals surface area contributed by atoms with Gasteiger partial charge in [-0.05, 0) is 129 Å². The number of hydrogen-bond acceptors (Lipinski definition) is 4. The molecule has 8 aromatic rings. The van der Waals surface area contributed by atoms with E-state index in [2.05, 4.69) is 169 Å². The maximum atomic E-state index is 5.43. The molecule has 0 saturated heterocycles. The molecule has 0 saturated carbocycles. The van der Waals surface area contributed by atoms with Crippen molar-refractivity contribution in [3.8, 4) is 56.2 Å². The van der Waals surface area contributed by atoms with Crippen LogP contribution < -0.4 is 0 Å². The van der Waals surface area contributed by atoms with Crippen LogP contribution in [0, 0.1) is 5.92 Å². The van der Waals surface area contributed by atoms with Crippen molar-refractivity contribution >= 4 is 28.0 Å². The number of allylic oxidation sites excluding steroid dienone is 5. The van der Waals surface area contributed by atoms with Crippen molar-refractivity contribution in [1.82, 2.24) is 19.9 Å². The van der Waals surface area contributed by atoms with Gasteiger partial charge in [-0.1, -0.05) is 135 Å². The third-order valence-corrected chi connectivity index (χ3v) is 11.7. The fraction of sp³-hybridized carbons (Fsp3) is 0.111. The van der Waals surface area contributed by atoms with Gasteiger partial charge < -0.3 is 0 Å². The van der Waals surface area contributed by atoms with Crippen LogP contribution >= 0.6 is 0 Å². The highest BCUT2D eigenvalue weighted by molar-refractivity contribution is 5.98. The SMILES string of the molecule is CC1CC(c2cc(-c3ccc(-c4ccccn4)cc3)nc(-c3cc(-c4cccc5c4C=CCC5C)cc(-c4cccc5ccccc45)c3)n2)=CC=C1c1ccccn1. The van der Waals surface area contributed by atoms with Crippen molar-refractivity contribution in [2.24, 2.45) is 5.92 Å². The molecule has 0 bridgehead atoms. The first-order chi connectivity index (χ1) is 28.6. The molecular weight excluding hydrogens is 705 g/mol. The van der Waals surface area contributed by atoms with Crippen molar-refractivity contribution in [3.63, 3.8) is 0 Å². The van der Waals surface area contributed by atoms with Crippen LogP contribution in [-0.2, 0) is 0 Å². The summed E-state index contributed by atoms with van der Waals surface area (Å²) in [5, 5.41) is 2.43. The summed E-state index contributed by atoms with van der Waals surface area (Å²) in [6.45, 7) is 4.60. The summed E-state index contributed by atoms with van der Waals surface area (Å²) in [5.41, 5.74) is 16.7. The van der Waals surface area contributed by atoms with Crippen molar-refractivity contribution in [3.05, 3.63) is 199 Å². The number of fused-ring (bicyclic) bond motifs is 2. The summed E-state index contributed by atoms with van der Waals surface area (Å²) in [6, 6.07) is 51.8. The lowest BCUT2D eigenvalue weighted by Gasteiger charge is -2.22. The Labute approximate surface area is 340 Å². The van der Waals surface area contributed by atoms with E-state index in [-0.39, 0.29) is 5.92 Å². The molecule has 3 aromatic heterocycles. The topological polar surface area (TPSA) is 51.6 Å². The minimum atomic E-state index is 0.274. The minimum absolute atomic E-state index is 0.274. The highest BCUT2D eigenvalue weighted by Crippen LogP contribution is 2.41. The summed E-state index contributed by atoms with van der Waals surface area (Å²) >= 11 is 0. The third-order valence-electron chi connectivity index (χ3n) is 11.7. The molecule has 3 heterocycles. The van der Waals surface area contributed by atoms with Crippen molar-refractivity contribution in [1.29, 1.82) is 0 Å². The molecule has 2 aliphatic rings. The Morgan fingerprint density at radius 3 is 1.93 bits per heavy atom. The summed E-state index contributed by atoms with van der Waals surface area (Å²) < 4.78 is 0. The van der Waals surface area contributed by atoms with E-state index in [1.807, 2.05) is 36.7 Å². The van der Waals surface area contributed by atoms with Crippen LogP contribution in [0.2, 0.25) is 0 Å². The second-order valence-electron chi connectivity index (χ2n) is 15.6. The zero-order valence-corrected chi connectivity index (χ0v) is 32.7. The monoisotopic (exact) mass is 746 g/mol. The van der Waals surface area contributed by atoms with Crippen molar-refractivity contribution in [2.45, 2.75) is 32.6 Å². The molecule has 2 aliphatic carbocycles. The van der Waals surface area contributed by atoms with Gasteiger partial charge in [0.2, 0.25) is 0 Å². The quantitative estimate of drug-likeness (QED) is 0.163. The van der Waals surface area contributed by atoms with E-state index in [9.17, 15) is 0 Å². The van der Waals surface area contributed by atoms with E-state index < -0.39 is 0 Å². The molecule has 0 radical (unpaired) electrons. The van der Waals surface area contributed by atoms with Crippen LogP contribution in [0.5, 0.6) is 0 Å². The van der Waals surface area contributed by atoms with E-state index in [0.717, 1.165) is 63.4 Å². The van der Waals surface area contributed by atoms with E-state index in [0.29, 0.717) is 11.7 Å². The molecule has 0 N–H and O–H groups in total. The molecule has 0 amide bonds. The molecule has 0 aliphatic heterocycles. The van der Waals surface area contributed by atoms with Gasteiger partial charge in [0.1, 0.15) is 0 Å². The van der Waals surface area contributed by atoms with Crippen LogP contribution in [0.4, 0.5) is 0 Å². The van der Waals surface area contributed by atoms with Gasteiger partial charge in [-0.25, -0.2) is 9.97 Å². The summed E-state index contributed by atoms with van der Waals surface area (Å²) in [6.07, 6.45) is 14.7. The molecule has 278 valence electrons. The van der Waals surface area contributed by atoms with Crippen LogP contribution in [-0.4, -0.2) is 19.9 Å². The molecule has 4 nitrogen and oxygen atoms in total. The number of pyridine rings is 2. The molecule has 5 aromatic carbocycles. The van der Waals surface area contributed by atoms with Crippen LogP contribution in [0.1, 0.15) is 55.1 Å². The van der Waals surface area contributed by atoms with Crippen LogP contribution in [0.25, 0.3) is 84.2 Å². The molecule has 10 rings (SSSR count). The first kappa shape index (κ1) is 35.4. The van der Waals surface area contributed by atoms with Gasteiger partial charge in [0.15, 0.2) is 5.82 Å². The molecular formula is C54H42N4. The molecule has 2 atom stereocenters. The minimum Gasteiger partial charge on any atom is -0.257 e. The highest BCUT2D eigenvalue weighted by atomic mass is 14.9. The maximum absolute atomic E-state index is 5.43. The van der Waals surface area contributed by atoms with Crippen molar-refractivity contribution in [2.75, 3.05) is 0 Å². The maximum Gasteiger partial charge on any atom is 0.160 e. The van der Waals surface area contributed by atoms with Gasteiger partial charge in [-0.3, -0.25) is 9.97 Å². The first-order valence-electron chi connectivity index (χ1n) is 20.2. The molecule has 0 fully saturated rings. The average molecular weight is 747 g/mol. The lowest BCUT2D eigenvalue weighted by atomic mass is 9.83. The zero-order chi connectivity index (χ0) is 39.0. The predicted molar refractivity (Wildman–Crippen MR) is 241 cm³/mol. The number of hydrogen-bond donors (Lipinski definition) is 0. The normalized spacial score (nSPS) is 16.1. The zero-order valence-electron chi connectivity index (χ0n) is 32.7. The fourth-order valence-electron chi connectivity index (χ4n) is 8.67. The smallest absolute Gasteiger partial charge is 0.160 e. The first-order valence-corrected chi connectivity index (χ1v) is 20.2. The Morgan fingerprint density at radius 2 is 1.16 bits per heavy atom. The third kappa shape index (κ3) is 6.77. The van der Waals surface area contributed by atoms with Crippen molar-refractivity contribution < 1.29 is 0 Å². The van der Waals surface area contributed by atoms with Gasteiger partial charge in [0.25, 0.3) is 0 Å². The number of aromatic nitrogens is 4. The lowest BCUT2D eigenvalue weighted by molar-refractivity contribution is 0.763. The summed E-state index contributed by atoms with van der Waals surface area (Å²) in [4.78, 5) is 20.1. The fourth-order valence-corrected chi connectivity index (χ4v) is 8.67. The van der Waals surface area contributed by atoms with Gasteiger partial charge >= 0.3 is 0 Å². The van der Waals surface area contributed by atoms with Gasteiger partial charge in [0.05, 0.1) is 22.8 Å². The summed E-state index contributed by atoms with van der Waals surface area (Å²) in [5.74, 6) is 1.44. The van der Waals surface area contributed by atoms with E-state index in [1.54, 1.807) is 0 Å². The summed E-state index contributed by atoms with van der Waals surface area (Å²) in [7, 11) is 0. The number of benzene rings is 5. The molecule has 0 spiro atoms. The second kappa shape index (κ2) is 15.1. The van der Waals surface area contributed by atoms with Crippen LogP contribution in [0.15, 0.2) is 176 Å². The van der Waals surface area contributed by atoms with Crippen LogP contribution in [0.3, 0.4) is 0 Å². The standard InChI is InChI=1S/C54H42N4/c1-35-12-9-19-49-44(35)16-11-18-48(49)42-31-41(47-17-10-14-37-13-3-4-15-46(37)47)32-43(33-42)54-57-52(39-24-22-38(23-25-39)50-20-5-7-28-55-50)34-53(58-54)40-26-27-45(36(2)30-40)51-21-6-8-29-56-51/h3-11,13-29,31-36H,12,30H2,1-2H3. The van der Waals surface area contributed by atoms with Gasteiger partial charge in [-0.2, -0.15) is 0 Å². The molecule has 4 heteroatoms. The second-order valence-corrected chi connectivity index (χ2v) is 15.6. The van der Waals surface area contributed by atoms with Gasteiger partial charge in [-0.15, -0.1) is 0 Å². The Kier molecular flexibility index (Phi) is 9.23. The Hall–Kier alpha value is -7.04. The Balaban J connectivity index is 1.17. The van der Waals surface area contributed by atoms with Gasteiger partial charge in [0, 0.05) is 29.1 Å². The Morgan fingerprint density at radius 1 is 0.500 bits per heavy atom.